The number of hydrogen-bond acceptors (Lipinski definition) is 2. The van der Waals surface area contributed by atoms with Gasteiger partial charge < -0.3 is 10.8 Å². The van der Waals surface area contributed by atoms with Gasteiger partial charge in [0.2, 0.25) is 5.82 Å². The van der Waals surface area contributed by atoms with Crippen LogP contribution in [0, 0.1) is 11.6 Å². The van der Waals surface area contributed by atoms with Crippen LogP contribution in [-0.4, -0.2) is 5.11 Å². The van der Waals surface area contributed by atoms with Crippen molar-refractivity contribution < 1.29 is 13.9 Å². The second-order valence-electron chi connectivity index (χ2n) is 2.08. The Morgan fingerprint density at radius 1 is 1.27 bits per heavy atom. The predicted octanol–water partition coefficient (Wildman–Crippen LogP) is 1.13. The zero-order valence-electron chi connectivity index (χ0n) is 5.64. The zero-order valence-corrected chi connectivity index (χ0v) is 5.64. The Balaban J connectivity index is 3.25. The molecular formula is C7H7F2NO. The molecule has 1 aromatic rings. The molecule has 0 aliphatic carbocycles. The fraction of sp³-hybridized carbons (Fsp3) is 0.143. The van der Waals surface area contributed by atoms with E-state index in [1.54, 1.807) is 0 Å². The van der Waals surface area contributed by atoms with E-state index >= 15 is 0 Å². The Morgan fingerprint density at radius 3 is 2.45 bits per heavy atom. The molecule has 0 aliphatic rings. The van der Waals surface area contributed by atoms with Crippen LogP contribution in [0.2, 0.25) is 0 Å². The lowest BCUT2D eigenvalue weighted by Crippen LogP contribution is -2.01. The lowest BCUT2D eigenvalue weighted by Gasteiger charge is -2.00. The van der Waals surface area contributed by atoms with Crippen molar-refractivity contribution in [2.75, 3.05) is 0 Å². The summed E-state index contributed by atoms with van der Waals surface area (Å²) in [7, 11) is 0. The molecule has 60 valence electrons. The molecule has 0 unspecified atom stereocenters. The van der Waals surface area contributed by atoms with Crippen molar-refractivity contribution in [2.45, 2.75) is 6.54 Å². The summed E-state index contributed by atoms with van der Waals surface area (Å²) in [6.45, 7) is -0.0803. The van der Waals surface area contributed by atoms with Crippen LogP contribution in [0.5, 0.6) is 5.75 Å². The molecule has 1 rings (SSSR count). The highest BCUT2D eigenvalue weighted by atomic mass is 19.2. The van der Waals surface area contributed by atoms with Gasteiger partial charge in [0, 0.05) is 12.1 Å². The number of hydrogen-bond donors (Lipinski definition) is 2. The second-order valence-corrected chi connectivity index (χ2v) is 2.08. The number of rotatable bonds is 1. The van der Waals surface area contributed by atoms with Crippen molar-refractivity contribution in [2.24, 2.45) is 5.73 Å². The van der Waals surface area contributed by atoms with Crippen molar-refractivity contribution in [3.63, 3.8) is 0 Å². The van der Waals surface area contributed by atoms with Gasteiger partial charge in [-0.2, -0.15) is 4.39 Å². The van der Waals surface area contributed by atoms with Gasteiger partial charge in [-0.05, 0) is 6.07 Å². The van der Waals surface area contributed by atoms with E-state index in [1.807, 2.05) is 0 Å². The average Bonchev–Trinajstić information content (AvgIpc) is 2.01. The van der Waals surface area contributed by atoms with Crippen LogP contribution in [-0.2, 0) is 6.54 Å². The summed E-state index contributed by atoms with van der Waals surface area (Å²) in [5.74, 6) is -3.01. The van der Waals surface area contributed by atoms with Gasteiger partial charge in [-0.25, -0.2) is 4.39 Å². The van der Waals surface area contributed by atoms with E-state index in [-0.39, 0.29) is 12.1 Å². The number of benzene rings is 1. The first-order chi connectivity index (χ1) is 5.16. The van der Waals surface area contributed by atoms with Crippen LogP contribution in [0.4, 0.5) is 8.78 Å². The summed E-state index contributed by atoms with van der Waals surface area (Å²) < 4.78 is 25.1. The maximum Gasteiger partial charge on any atom is 0.200 e. The molecule has 1 aromatic carbocycles. The van der Waals surface area contributed by atoms with Crippen LogP contribution in [0.3, 0.4) is 0 Å². The quantitative estimate of drug-likeness (QED) is 0.645. The van der Waals surface area contributed by atoms with E-state index in [0.29, 0.717) is 0 Å². The van der Waals surface area contributed by atoms with Crippen molar-refractivity contribution in [3.05, 3.63) is 29.3 Å². The topological polar surface area (TPSA) is 46.2 Å². The van der Waals surface area contributed by atoms with Crippen LogP contribution in [0.25, 0.3) is 0 Å². The smallest absolute Gasteiger partial charge is 0.200 e. The van der Waals surface area contributed by atoms with Gasteiger partial charge in [0.1, 0.15) is 0 Å². The van der Waals surface area contributed by atoms with E-state index in [4.69, 9.17) is 10.8 Å². The minimum atomic E-state index is -1.24. The SMILES string of the molecule is NCc1ccc(O)c(F)c1F. The minimum Gasteiger partial charge on any atom is -0.505 e. The summed E-state index contributed by atoms with van der Waals surface area (Å²) >= 11 is 0. The molecule has 11 heavy (non-hydrogen) atoms. The highest BCUT2D eigenvalue weighted by Gasteiger charge is 2.10. The minimum absolute atomic E-state index is 0.0558. The molecule has 0 aliphatic heterocycles. The lowest BCUT2D eigenvalue weighted by molar-refractivity contribution is 0.404. The third kappa shape index (κ3) is 1.30. The fourth-order valence-corrected chi connectivity index (χ4v) is 0.737. The van der Waals surface area contributed by atoms with Gasteiger partial charge in [-0.15, -0.1) is 0 Å². The standard InChI is InChI=1S/C7H7F2NO/c8-6-4(3-10)1-2-5(11)7(6)9/h1-2,11H,3,10H2. The summed E-state index contributed by atoms with van der Waals surface area (Å²) in [5.41, 5.74) is 5.14. The van der Waals surface area contributed by atoms with E-state index in [1.165, 1.54) is 6.07 Å². The molecule has 4 heteroatoms. The lowest BCUT2D eigenvalue weighted by atomic mass is 10.2. The molecule has 0 heterocycles. The molecule has 0 radical (unpaired) electrons. The maximum atomic E-state index is 12.6. The highest BCUT2D eigenvalue weighted by molar-refractivity contribution is 5.29. The Hall–Kier alpha value is -1.16. The van der Waals surface area contributed by atoms with Crippen LogP contribution >= 0.6 is 0 Å². The van der Waals surface area contributed by atoms with Gasteiger partial charge in [-0.3, -0.25) is 0 Å². The Labute approximate surface area is 62.3 Å². The van der Waals surface area contributed by atoms with Gasteiger partial charge in [0.25, 0.3) is 0 Å². The predicted molar refractivity (Wildman–Crippen MR) is 35.9 cm³/mol. The first kappa shape index (κ1) is 7.94. The van der Waals surface area contributed by atoms with Crippen LogP contribution < -0.4 is 5.73 Å². The molecule has 3 N–H and O–H groups in total. The van der Waals surface area contributed by atoms with Gasteiger partial charge >= 0.3 is 0 Å². The van der Waals surface area contributed by atoms with Gasteiger partial charge in [0.05, 0.1) is 0 Å². The van der Waals surface area contributed by atoms with Gasteiger partial charge in [-0.1, -0.05) is 6.07 Å². The molecule has 0 bridgehead atoms. The first-order valence-corrected chi connectivity index (χ1v) is 3.02. The summed E-state index contributed by atoms with van der Waals surface area (Å²) in [6.07, 6.45) is 0. The van der Waals surface area contributed by atoms with Crippen molar-refractivity contribution in [3.8, 4) is 5.75 Å². The number of aromatic hydroxyl groups is 1. The molecule has 0 fully saturated rings. The molecule has 0 amide bonds. The molecule has 0 aromatic heterocycles. The summed E-state index contributed by atoms with van der Waals surface area (Å²) in [4.78, 5) is 0. The highest BCUT2D eigenvalue weighted by Crippen LogP contribution is 2.20. The van der Waals surface area contributed by atoms with Crippen molar-refractivity contribution in [1.29, 1.82) is 0 Å². The molecule has 0 saturated carbocycles. The Morgan fingerprint density at radius 2 is 1.91 bits per heavy atom. The maximum absolute atomic E-state index is 12.6. The van der Waals surface area contributed by atoms with Crippen molar-refractivity contribution in [1.82, 2.24) is 0 Å². The van der Waals surface area contributed by atoms with E-state index in [2.05, 4.69) is 0 Å². The molecule has 0 saturated heterocycles. The van der Waals surface area contributed by atoms with Crippen LogP contribution in [0.1, 0.15) is 5.56 Å². The zero-order chi connectivity index (χ0) is 8.43. The molecular weight excluding hydrogens is 152 g/mol. The summed E-state index contributed by atoms with van der Waals surface area (Å²) in [6, 6.07) is 2.31. The number of phenolic OH excluding ortho intramolecular Hbond substituents is 1. The normalized spacial score (nSPS) is 10.1. The first-order valence-electron chi connectivity index (χ1n) is 3.02. The number of phenols is 1. The number of halogens is 2. The molecule has 0 spiro atoms. The van der Waals surface area contributed by atoms with E-state index in [0.717, 1.165) is 6.07 Å². The Kier molecular flexibility index (Phi) is 2.05. The number of nitrogens with two attached hydrogens (primary N) is 1. The second kappa shape index (κ2) is 2.84. The third-order valence-corrected chi connectivity index (χ3v) is 1.36. The average molecular weight is 159 g/mol. The van der Waals surface area contributed by atoms with E-state index in [9.17, 15) is 8.78 Å². The van der Waals surface area contributed by atoms with Crippen molar-refractivity contribution >= 4 is 0 Å². The van der Waals surface area contributed by atoms with Crippen LogP contribution in [0.15, 0.2) is 12.1 Å². The summed E-state index contributed by atoms with van der Waals surface area (Å²) in [5, 5.41) is 8.66. The monoisotopic (exact) mass is 159 g/mol. The Bertz CT molecular complexity index is 275. The largest absolute Gasteiger partial charge is 0.505 e. The fourth-order valence-electron chi connectivity index (χ4n) is 0.737. The third-order valence-electron chi connectivity index (χ3n) is 1.36. The van der Waals surface area contributed by atoms with Gasteiger partial charge in [0.15, 0.2) is 11.6 Å². The van der Waals surface area contributed by atoms with E-state index < -0.39 is 17.4 Å². The molecule has 2 nitrogen and oxygen atoms in total. The molecule has 0 atom stereocenters.